The molecule has 2 aliphatic rings. The van der Waals surface area contributed by atoms with E-state index >= 15 is 0 Å². The van der Waals surface area contributed by atoms with E-state index in [1.165, 1.54) is 28.3 Å². The van der Waals surface area contributed by atoms with Crippen LogP contribution in [-0.4, -0.2) is 71.7 Å². The fourth-order valence-electron chi connectivity index (χ4n) is 3.17. The highest BCUT2D eigenvalue weighted by Gasteiger charge is 2.40. The number of nitrogens with zero attached hydrogens (tertiary/aromatic N) is 2. The van der Waals surface area contributed by atoms with Crippen LogP contribution < -0.4 is 5.32 Å². The van der Waals surface area contributed by atoms with E-state index in [1.54, 1.807) is 4.90 Å². The van der Waals surface area contributed by atoms with Gasteiger partial charge in [-0.2, -0.15) is 4.31 Å². The predicted octanol–water partition coefficient (Wildman–Crippen LogP) is 1.09. The number of hydrogen-bond donors (Lipinski definition) is 2. The van der Waals surface area contributed by atoms with E-state index in [9.17, 15) is 18.0 Å². The Labute approximate surface area is 164 Å². The molecule has 0 bridgehead atoms. The van der Waals surface area contributed by atoms with Crippen LogP contribution in [0.3, 0.4) is 0 Å². The summed E-state index contributed by atoms with van der Waals surface area (Å²) in [7, 11) is -3.86. The van der Waals surface area contributed by atoms with Gasteiger partial charge in [0.15, 0.2) is 0 Å². The van der Waals surface area contributed by atoms with Crippen LogP contribution in [0.4, 0.5) is 0 Å². The standard InChI is InChI=1S/C17H26N4O4S2/c1-12(2)8-19-16(22)15-10-26-11-21(15)27(24,25)13-7-14(18-9-13)17(23)20-5-3-4-6-20/h7,9,12,15,18H,3-6,8,10-11H2,1-2H3,(H,19,22). The summed E-state index contributed by atoms with van der Waals surface area (Å²) in [6.45, 7) is 5.86. The topological polar surface area (TPSA) is 103 Å². The quantitative estimate of drug-likeness (QED) is 0.725. The summed E-state index contributed by atoms with van der Waals surface area (Å²) in [5.74, 6) is 0.476. The average molecular weight is 415 g/mol. The zero-order valence-corrected chi connectivity index (χ0v) is 17.2. The molecule has 3 heterocycles. The maximum Gasteiger partial charge on any atom is 0.270 e. The second-order valence-corrected chi connectivity index (χ2v) is 10.2. The van der Waals surface area contributed by atoms with E-state index in [0.29, 0.717) is 25.4 Å². The van der Waals surface area contributed by atoms with Crippen molar-refractivity contribution in [3.05, 3.63) is 18.0 Å². The number of sulfonamides is 1. The number of aromatic nitrogens is 1. The van der Waals surface area contributed by atoms with Gasteiger partial charge in [0.05, 0.1) is 5.88 Å². The minimum absolute atomic E-state index is 0.0224. The van der Waals surface area contributed by atoms with Crippen molar-refractivity contribution in [3.8, 4) is 0 Å². The molecule has 2 saturated heterocycles. The molecule has 1 unspecified atom stereocenters. The van der Waals surface area contributed by atoms with Gasteiger partial charge in [0.25, 0.3) is 5.91 Å². The fourth-order valence-corrected chi connectivity index (χ4v) is 6.31. The predicted molar refractivity (Wildman–Crippen MR) is 104 cm³/mol. The van der Waals surface area contributed by atoms with E-state index in [2.05, 4.69) is 10.3 Å². The SMILES string of the molecule is CC(C)CNC(=O)C1CSCN1S(=O)(=O)c1c[nH]c(C(=O)N2CCCC2)c1. The summed E-state index contributed by atoms with van der Waals surface area (Å²) < 4.78 is 27.3. The largest absolute Gasteiger partial charge is 0.356 e. The minimum Gasteiger partial charge on any atom is -0.356 e. The van der Waals surface area contributed by atoms with Crippen molar-refractivity contribution in [3.63, 3.8) is 0 Å². The molecule has 0 spiro atoms. The number of carbonyl (C=O) groups excluding carboxylic acids is 2. The van der Waals surface area contributed by atoms with Crippen LogP contribution in [0.15, 0.2) is 17.2 Å². The maximum absolute atomic E-state index is 13.0. The molecular formula is C17H26N4O4S2. The highest BCUT2D eigenvalue weighted by molar-refractivity contribution is 8.00. The molecule has 3 rings (SSSR count). The molecule has 1 aromatic heterocycles. The van der Waals surface area contributed by atoms with E-state index in [0.717, 1.165) is 12.8 Å². The number of carbonyl (C=O) groups is 2. The van der Waals surface area contributed by atoms with E-state index in [4.69, 9.17) is 0 Å². The molecule has 150 valence electrons. The molecule has 27 heavy (non-hydrogen) atoms. The summed E-state index contributed by atoms with van der Waals surface area (Å²) >= 11 is 1.41. The summed E-state index contributed by atoms with van der Waals surface area (Å²) in [5, 5.41) is 2.81. The van der Waals surface area contributed by atoms with Crippen molar-refractivity contribution in [1.29, 1.82) is 0 Å². The molecule has 8 nitrogen and oxygen atoms in total. The number of rotatable bonds is 6. The molecule has 2 N–H and O–H groups in total. The van der Waals surface area contributed by atoms with Gasteiger partial charge in [-0.15, -0.1) is 11.8 Å². The van der Waals surface area contributed by atoms with Gasteiger partial charge >= 0.3 is 0 Å². The Balaban J connectivity index is 1.75. The van der Waals surface area contributed by atoms with E-state index in [-0.39, 0.29) is 34.2 Å². The van der Waals surface area contributed by atoms with Gasteiger partial charge < -0.3 is 15.2 Å². The van der Waals surface area contributed by atoms with Crippen LogP contribution >= 0.6 is 11.8 Å². The molecule has 2 aliphatic heterocycles. The van der Waals surface area contributed by atoms with E-state index < -0.39 is 16.1 Å². The molecule has 2 fully saturated rings. The lowest BCUT2D eigenvalue weighted by Gasteiger charge is -2.22. The van der Waals surface area contributed by atoms with Crippen molar-refractivity contribution in [2.45, 2.75) is 37.6 Å². The number of nitrogens with one attached hydrogen (secondary N) is 2. The van der Waals surface area contributed by atoms with Gasteiger partial charge in [0.2, 0.25) is 15.9 Å². The molecule has 0 radical (unpaired) electrons. The lowest BCUT2D eigenvalue weighted by Crippen LogP contribution is -2.47. The second-order valence-electron chi connectivity index (χ2n) is 7.30. The molecule has 10 heteroatoms. The maximum atomic E-state index is 13.0. The van der Waals surface area contributed by atoms with Gasteiger partial charge in [-0.05, 0) is 24.8 Å². The third-order valence-corrected chi connectivity index (χ3v) is 7.72. The second kappa shape index (κ2) is 8.24. The monoisotopic (exact) mass is 414 g/mol. The Morgan fingerprint density at radius 2 is 2.04 bits per heavy atom. The first-order chi connectivity index (χ1) is 12.8. The zero-order valence-electron chi connectivity index (χ0n) is 15.6. The van der Waals surface area contributed by atoms with Crippen molar-refractivity contribution >= 4 is 33.6 Å². The minimum atomic E-state index is -3.86. The normalized spacial score (nSPS) is 21.1. The van der Waals surface area contributed by atoms with Gasteiger partial charge in [-0.3, -0.25) is 9.59 Å². The molecule has 0 saturated carbocycles. The van der Waals surface area contributed by atoms with E-state index in [1.807, 2.05) is 13.8 Å². The van der Waals surface area contributed by atoms with Crippen LogP contribution in [0.5, 0.6) is 0 Å². The number of likely N-dealkylation sites (tertiary alicyclic amines) is 1. The van der Waals surface area contributed by atoms with Crippen molar-refractivity contribution in [2.24, 2.45) is 5.92 Å². The highest BCUT2D eigenvalue weighted by atomic mass is 32.2. The summed E-state index contributed by atoms with van der Waals surface area (Å²) in [4.78, 5) is 29.4. The molecule has 1 atom stereocenters. The summed E-state index contributed by atoms with van der Waals surface area (Å²) in [6.07, 6.45) is 3.27. The van der Waals surface area contributed by atoms with Crippen LogP contribution in [0.2, 0.25) is 0 Å². The lowest BCUT2D eigenvalue weighted by atomic mass is 10.2. The first-order valence-corrected chi connectivity index (χ1v) is 11.7. The number of H-pyrrole nitrogens is 1. The smallest absolute Gasteiger partial charge is 0.270 e. The van der Waals surface area contributed by atoms with Crippen molar-refractivity contribution in [1.82, 2.24) is 19.5 Å². The van der Waals surface area contributed by atoms with Crippen LogP contribution in [0.25, 0.3) is 0 Å². The zero-order chi connectivity index (χ0) is 19.6. The van der Waals surface area contributed by atoms with Crippen LogP contribution in [0, 0.1) is 5.92 Å². The van der Waals surface area contributed by atoms with Gasteiger partial charge in [0, 0.05) is 31.6 Å². The van der Waals surface area contributed by atoms with Gasteiger partial charge in [-0.25, -0.2) is 8.42 Å². The van der Waals surface area contributed by atoms with Crippen molar-refractivity contribution in [2.75, 3.05) is 31.3 Å². The van der Waals surface area contributed by atoms with Crippen LogP contribution in [0.1, 0.15) is 37.2 Å². The first kappa shape index (κ1) is 20.2. The Bertz CT molecular complexity index is 800. The molecule has 0 aliphatic carbocycles. The Morgan fingerprint density at radius 1 is 1.33 bits per heavy atom. The molecule has 0 aromatic carbocycles. The molecule has 1 aromatic rings. The lowest BCUT2D eigenvalue weighted by molar-refractivity contribution is -0.123. The Kier molecular flexibility index (Phi) is 6.17. The van der Waals surface area contributed by atoms with Crippen LogP contribution in [-0.2, 0) is 14.8 Å². The van der Waals surface area contributed by atoms with Gasteiger partial charge in [-0.1, -0.05) is 13.8 Å². The summed E-state index contributed by atoms with van der Waals surface area (Å²) in [6, 6.07) is 0.647. The highest BCUT2D eigenvalue weighted by Crippen LogP contribution is 2.29. The summed E-state index contributed by atoms with van der Waals surface area (Å²) in [5.41, 5.74) is 0.267. The first-order valence-electron chi connectivity index (χ1n) is 9.15. The number of aromatic amines is 1. The van der Waals surface area contributed by atoms with Gasteiger partial charge in [0.1, 0.15) is 16.6 Å². The fraction of sp³-hybridized carbons (Fsp3) is 0.647. The third-order valence-electron chi connectivity index (χ3n) is 4.72. The molecule has 2 amide bonds. The average Bonchev–Trinajstić information content (AvgIpc) is 3.39. The third kappa shape index (κ3) is 4.33. The molecular weight excluding hydrogens is 388 g/mol. The van der Waals surface area contributed by atoms with Crippen molar-refractivity contribution < 1.29 is 18.0 Å². The number of thioether (sulfide) groups is 1. The number of amides is 2. The number of hydrogen-bond acceptors (Lipinski definition) is 5. The Hall–Kier alpha value is -1.52. The Morgan fingerprint density at radius 3 is 2.70 bits per heavy atom.